The van der Waals surface area contributed by atoms with Crippen molar-refractivity contribution in [3.63, 3.8) is 0 Å². The Morgan fingerprint density at radius 2 is 2.14 bits per heavy atom. The molecule has 0 spiro atoms. The number of amides is 2. The number of rotatable bonds is 2. The van der Waals surface area contributed by atoms with Gasteiger partial charge in [0.25, 0.3) is 0 Å². The average molecular weight is 308 g/mol. The summed E-state index contributed by atoms with van der Waals surface area (Å²) in [4.78, 5) is 39.1. The highest BCUT2D eigenvalue weighted by atomic mass is 32.1. The van der Waals surface area contributed by atoms with Crippen molar-refractivity contribution in [2.45, 2.75) is 18.5 Å². The summed E-state index contributed by atoms with van der Waals surface area (Å²) in [7, 11) is 2.75. The van der Waals surface area contributed by atoms with Gasteiger partial charge in [-0.25, -0.2) is 0 Å². The van der Waals surface area contributed by atoms with Gasteiger partial charge in [-0.2, -0.15) is 0 Å². The van der Waals surface area contributed by atoms with E-state index in [-0.39, 0.29) is 17.9 Å². The van der Waals surface area contributed by atoms with Gasteiger partial charge < -0.3 is 4.74 Å². The maximum atomic E-state index is 12.4. The summed E-state index contributed by atoms with van der Waals surface area (Å²) in [6, 6.07) is 3.44. The Morgan fingerprint density at radius 3 is 2.71 bits per heavy atom. The van der Waals surface area contributed by atoms with Crippen molar-refractivity contribution in [2.75, 3.05) is 14.2 Å². The second kappa shape index (κ2) is 4.64. The molecule has 2 aliphatic rings. The van der Waals surface area contributed by atoms with Crippen molar-refractivity contribution in [3.8, 4) is 0 Å². The third kappa shape index (κ3) is 1.77. The van der Waals surface area contributed by atoms with Gasteiger partial charge in [-0.1, -0.05) is 6.07 Å². The summed E-state index contributed by atoms with van der Waals surface area (Å²) < 4.78 is 4.85. The van der Waals surface area contributed by atoms with Crippen molar-refractivity contribution in [2.24, 2.45) is 11.8 Å². The number of thiophene rings is 1. The third-order valence-corrected chi connectivity index (χ3v) is 5.42. The molecule has 2 fully saturated rings. The first-order valence-electron chi connectivity index (χ1n) is 6.62. The zero-order chi connectivity index (χ0) is 15.4. The monoisotopic (exact) mass is 308 g/mol. The number of ether oxygens (including phenoxy) is 1. The molecule has 4 atom stereocenters. The molecule has 0 radical (unpaired) electrons. The van der Waals surface area contributed by atoms with E-state index in [9.17, 15) is 14.4 Å². The minimum Gasteiger partial charge on any atom is -0.468 e. The van der Waals surface area contributed by atoms with Crippen LogP contribution in [0.15, 0.2) is 17.5 Å². The fourth-order valence-corrected chi connectivity index (χ4v) is 4.22. The lowest BCUT2D eigenvalue weighted by atomic mass is 9.81. The van der Waals surface area contributed by atoms with Crippen LogP contribution in [0, 0.1) is 11.8 Å². The first-order valence-corrected chi connectivity index (χ1v) is 7.50. The molecule has 0 unspecified atom stereocenters. The zero-order valence-corrected chi connectivity index (χ0v) is 12.8. The largest absolute Gasteiger partial charge is 0.468 e. The number of nitrogens with zero attached hydrogens (tertiary/aromatic N) is 1. The molecule has 1 aromatic heterocycles. The molecular formula is C14H16N2O4S. The molecule has 0 aromatic carbocycles. The van der Waals surface area contributed by atoms with E-state index in [4.69, 9.17) is 4.74 Å². The van der Waals surface area contributed by atoms with Crippen molar-refractivity contribution in [1.29, 1.82) is 0 Å². The number of likely N-dealkylation sites (tertiary alicyclic amines) is 1. The molecule has 1 aromatic rings. The minimum absolute atomic E-state index is 0.247. The molecule has 2 amide bonds. The van der Waals surface area contributed by atoms with E-state index in [0.717, 1.165) is 9.78 Å². The summed E-state index contributed by atoms with van der Waals surface area (Å²) in [5.41, 5.74) is -1.19. The van der Waals surface area contributed by atoms with Crippen molar-refractivity contribution in [3.05, 3.63) is 22.4 Å². The van der Waals surface area contributed by atoms with Gasteiger partial charge in [0.2, 0.25) is 11.8 Å². The van der Waals surface area contributed by atoms with Crippen molar-refractivity contribution >= 4 is 29.1 Å². The molecule has 0 aliphatic carbocycles. The molecule has 112 valence electrons. The van der Waals surface area contributed by atoms with Crippen LogP contribution in [0.5, 0.6) is 0 Å². The smallest absolute Gasteiger partial charge is 0.326 e. The fraction of sp³-hybridized carbons (Fsp3) is 0.500. The highest BCUT2D eigenvalue weighted by Gasteiger charge is 2.66. The van der Waals surface area contributed by atoms with Gasteiger partial charge in [0.05, 0.1) is 25.0 Å². The lowest BCUT2D eigenvalue weighted by molar-refractivity contribution is -0.152. The lowest BCUT2D eigenvalue weighted by Crippen LogP contribution is -2.53. The molecule has 2 saturated heterocycles. The number of hydrogen-bond acceptors (Lipinski definition) is 6. The Hall–Kier alpha value is -1.73. The number of methoxy groups -OCH3 is 1. The highest BCUT2D eigenvalue weighted by Crippen LogP contribution is 2.49. The van der Waals surface area contributed by atoms with Crippen LogP contribution in [0.1, 0.15) is 17.8 Å². The van der Waals surface area contributed by atoms with Crippen LogP contribution < -0.4 is 5.32 Å². The zero-order valence-electron chi connectivity index (χ0n) is 12.0. The van der Waals surface area contributed by atoms with Crippen LogP contribution in [0.3, 0.4) is 0 Å². The van der Waals surface area contributed by atoms with Gasteiger partial charge >= 0.3 is 5.97 Å². The normalized spacial score (nSPS) is 35.2. The summed E-state index contributed by atoms with van der Waals surface area (Å²) in [6.45, 7) is 1.63. The molecular weight excluding hydrogens is 292 g/mol. The highest BCUT2D eigenvalue weighted by molar-refractivity contribution is 7.10. The molecule has 6 nitrogen and oxygen atoms in total. The van der Waals surface area contributed by atoms with E-state index in [1.165, 1.54) is 25.5 Å². The molecule has 1 N–H and O–H groups in total. The average Bonchev–Trinajstić information content (AvgIpc) is 3.14. The number of fused-ring (bicyclic) bond motifs is 1. The third-order valence-electron chi connectivity index (χ3n) is 4.47. The predicted octanol–water partition coefficient (Wildman–Crippen LogP) is 0.555. The number of imide groups is 1. The van der Waals surface area contributed by atoms with Crippen LogP contribution in [-0.2, 0) is 19.1 Å². The number of nitrogens with one attached hydrogen (secondary N) is 1. The van der Waals surface area contributed by atoms with Gasteiger partial charge in [0.1, 0.15) is 5.54 Å². The predicted molar refractivity (Wildman–Crippen MR) is 75.4 cm³/mol. The summed E-state index contributed by atoms with van der Waals surface area (Å²) in [5.74, 6) is -2.39. The Balaban J connectivity index is 2.10. The Kier molecular flexibility index (Phi) is 3.14. The molecule has 0 bridgehead atoms. The summed E-state index contributed by atoms with van der Waals surface area (Å²) in [6.07, 6.45) is 0. The number of carbonyl (C=O) groups excluding carboxylic acids is 3. The lowest BCUT2D eigenvalue weighted by Gasteiger charge is -2.27. The van der Waals surface area contributed by atoms with E-state index < -0.39 is 23.3 Å². The maximum absolute atomic E-state index is 12.4. The van der Waals surface area contributed by atoms with Crippen LogP contribution >= 0.6 is 11.3 Å². The van der Waals surface area contributed by atoms with Gasteiger partial charge in [0, 0.05) is 11.9 Å². The van der Waals surface area contributed by atoms with E-state index in [1.54, 1.807) is 6.92 Å². The van der Waals surface area contributed by atoms with Gasteiger partial charge in [0.15, 0.2) is 0 Å². The molecule has 21 heavy (non-hydrogen) atoms. The number of carbonyl (C=O) groups is 3. The second-order valence-corrected chi connectivity index (χ2v) is 6.55. The van der Waals surface area contributed by atoms with E-state index in [1.807, 2.05) is 17.5 Å². The second-order valence-electron chi connectivity index (χ2n) is 5.57. The first kappa shape index (κ1) is 14.2. The maximum Gasteiger partial charge on any atom is 0.326 e. The Labute approximate surface area is 126 Å². The minimum atomic E-state index is -1.19. The SMILES string of the molecule is COC(=O)[C@]1(C)N[C@H](c2cccs2)[C@@H]2C(=O)N(C)C(=O)[C@H]21. The van der Waals surface area contributed by atoms with Gasteiger partial charge in [-0.15, -0.1) is 11.3 Å². The van der Waals surface area contributed by atoms with Crippen molar-refractivity contribution < 1.29 is 19.1 Å². The number of hydrogen-bond donors (Lipinski definition) is 1. The van der Waals surface area contributed by atoms with Crippen LogP contribution in [0.2, 0.25) is 0 Å². The van der Waals surface area contributed by atoms with Gasteiger partial charge in [-0.3, -0.25) is 24.6 Å². The van der Waals surface area contributed by atoms with Crippen LogP contribution in [-0.4, -0.2) is 42.4 Å². The Bertz CT molecular complexity index is 615. The quantitative estimate of drug-likeness (QED) is 0.638. The summed E-state index contributed by atoms with van der Waals surface area (Å²) in [5, 5.41) is 5.08. The van der Waals surface area contributed by atoms with Crippen LogP contribution in [0.25, 0.3) is 0 Å². The standard InChI is InChI=1S/C14H16N2O4S/c1-14(13(19)20-3)9-8(11(17)16(2)12(9)18)10(15-14)7-5-4-6-21-7/h4-6,8-10,15H,1-3H3/t8-,9+,10-,14-/m1/s1. The molecule has 7 heteroatoms. The molecule has 3 heterocycles. The first-order chi connectivity index (χ1) is 9.91. The van der Waals surface area contributed by atoms with E-state index >= 15 is 0 Å². The van der Waals surface area contributed by atoms with Crippen LogP contribution in [0.4, 0.5) is 0 Å². The van der Waals surface area contributed by atoms with E-state index in [2.05, 4.69) is 5.32 Å². The topological polar surface area (TPSA) is 75.7 Å². The summed E-state index contributed by atoms with van der Waals surface area (Å²) >= 11 is 1.50. The Morgan fingerprint density at radius 1 is 1.43 bits per heavy atom. The van der Waals surface area contributed by atoms with Crippen molar-refractivity contribution in [1.82, 2.24) is 10.2 Å². The number of esters is 1. The van der Waals surface area contributed by atoms with Gasteiger partial charge in [-0.05, 0) is 18.4 Å². The van der Waals surface area contributed by atoms with E-state index in [0.29, 0.717) is 0 Å². The fourth-order valence-electron chi connectivity index (χ4n) is 3.39. The molecule has 0 saturated carbocycles. The molecule has 2 aliphatic heterocycles. The molecule has 3 rings (SSSR count).